The molecule has 0 amide bonds. The summed E-state index contributed by atoms with van der Waals surface area (Å²) in [7, 11) is 1.50. The van der Waals surface area contributed by atoms with Gasteiger partial charge in [-0.2, -0.15) is 13.2 Å². The fourth-order valence-electron chi connectivity index (χ4n) is 2.59. The summed E-state index contributed by atoms with van der Waals surface area (Å²) in [5, 5.41) is 5.83. The van der Waals surface area contributed by atoms with Crippen LogP contribution in [0.5, 0.6) is 0 Å². The third-order valence-corrected chi connectivity index (χ3v) is 3.69. The summed E-state index contributed by atoms with van der Waals surface area (Å²) in [5.41, 5.74) is 0.142. The molecular formula is C15H20F5IN4. The summed E-state index contributed by atoms with van der Waals surface area (Å²) in [5.74, 6) is -0.760. The van der Waals surface area contributed by atoms with E-state index < -0.39 is 24.4 Å². The molecule has 1 fully saturated rings. The molecule has 0 radical (unpaired) electrons. The maximum Gasteiger partial charge on any atom is 0.401 e. The number of hydrogen-bond acceptors (Lipinski definition) is 2. The van der Waals surface area contributed by atoms with E-state index in [2.05, 4.69) is 15.6 Å². The van der Waals surface area contributed by atoms with Crippen LogP contribution in [0.15, 0.2) is 23.2 Å². The minimum absolute atomic E-state index is 0. The molecule has 1 unspecified atom stereocenters. The molecule has 1 heterocycles. The van der Waals surface area contributed by atoms with Crippen molar-refractivity contribution in [2.45, 2.75) is 25.2 Å². The fraction of sp³-hybridized carbons (Fsp3) is 0.533. The minimum atomic E-state index is -4.22. The van der Waals surface area contributed by atoms with Gasteiger partial charge in [-0.3, -0.25) is 9.89 Å². The van der Waals surface area contributed by atoms with Crippen molar-refractivity contribution in [3.05, 3.63) is 35.4 Å². The average Bonchev–Trinajstić information content (AvgIpc) is 2.91. The second-order valence-corrected chi connectivity index (χ2v) is 5.64. The first-order valence-electron chi connectivity index (χ1n) is 7.47. The Bertz CT molecular complexity index is 594. The van der Waals surface area contributed by atoms with Gasteiger partial charge in [-0.15, -0.1) is 24.0 Å². The van der Waals surface area contributed by atoms with E-state index in [0.29, 0.717) is 18.9 Å². The first-order chi connectivity index (χ1) is 11.3. The number of likely N-dealkylation sites (tertiary alicyclic amines) is 1. The highest BCUT2D eigenvalue weighted by Gasteiger charge is 2.34. The zero-order chi connectivity index (χ0) is 17.7. The zero-order valence-corrected chi connectivity index (χ0v) is 15.9. The van der Waals surface area contributed by atoms with Crippen LogP contribution in [-0.4, -0.2) is 49.8 Å². The van der Waals surface area contributed by atoms with Crippen LogP contribution < -0.4 is 10.6 Å². The Balaban J connectivity index is 0.00000312. The quantitative estimate of drug-likeness (QED) is 0.303. The van der Waals surface area contributed by atoms with Crippen molar-refractivity contribution in [2.75, 3.05) is 26.7 Å². The highest BCUT2D eigenvalue weighted by atomic mass is 127. The Kier molecular flexibility index (Phi) is 8.32. The molecule has 0 aromatic heterocycles. The van der Waals surface area contributed by atoms with E-state index in [1.165, 1.54) is 11.9 Å². The Morgan fingerprint density at radius 3 is 2.68 bits per heavy atom. The van der Waals surface area contributed by atoms with Crippen LogP contribution in [0.3, 0.4) is 0 Å². The van der Waals surface area contributed by atoms with Crippen molar-refractivity contribution in [3.63, 3.8) is 0 Å². The van der Waals surface area contributed by atoms with Gasteiger partial charge in [0, 0.05) is 38.3 Å². The molecule has 1 aromatic rings. The monoisotopic (exact) mass is 478 g/mol. The van der Waals surface area contributed by atoms with Crippen LogP contribution in [0.2, 0.25) is 0 Å². The Morgan fingerprint density at radius 2 is 2.04 bits per heavy atom. The van der Waals surface area contributed by atoms with Crippen LogP contribution in [-0.2, 0) is 6.54 Å². The van der Waals surface area contributed by atoms with Crippen LogP contribution in [0.25, 0.3) is 0 Å². The molecule has 10 heteroatoms. The molecule has 25 heavy (non-hydrogen) atoms. The molecule has 1 aliphatic heterocycles. The second-order valence-electron chi connectivity index (χ2n) is 5.64. The number of hydrogen-bond donors (Lipinski definition) is 2. The van der Waals surface area contributed by atoms with E-state index in [1.54, 1.807) is 0 Å². The number of halogens is 6. The molecule has 1 aliphatic rings. The summed E-state index contributed by atoms with van der Waals surface area (Å²) in [4.78, 5) is 5.27. The topological polar surface area (TPSA) is 39.7 Å². The highest BCUT2D eigenvalue weighted by Crippen LogP contribution is 2.19. The number of aliphatic imine (C=N–C) groups is 1. The smallest absolute Gasteiger partial charge is 0.352 e. The summed E-state index contributed by atoms with van der Waals surface area (Å²) in [6.45, 7) is -0.338. The van der Waals surface area contributed by atoms with E-state index in [1.807, 2.05) is 0 Å². The van der Waals surface area contributed by atoms with Gasteiger partial charge in [0.15, 0.2) is 5.96 Å². The first-order valence-corrected chi connectivity index (χ1v) is 7.47. The maximum atomic E-state index is 13.6. The van der Waals surface area contributed by atoms with Gasteiger partial charge in [0.2, 0.25) is 0 Å². The molecule has 142 valence electrons. The van der Waals surface area contributed by atoms with Crippen molar-refractivity contribution < 1.29 is 22.0 Å². The lowest BCUT2D eigenvalue weighted by molar-refractivity contribution is -0.143. The zero-order valence-electron chi connectivity index (χ0n) is 13.5. The molecule has 0 aliphatic carbocycles. The number of guanidine groups is 1. The third kappa shape index (κ3) is 7.30. The van der Waals surface area contributed by atoms with E-state index in [9.17, 15) is 22.0 Å². The summed E-state index contributed by atoms with van der Waals surface area (Å²) < 4.78 is 63.8. The molecule has 1 atom stereocenters. The molecular weight excluding hydrogens is 458 g/mol. The van der Waals surface area contributed by atoms with Gasteiger partial charge in [-0.05, 0) is 24.6 Å². The van der Waals surface area contributed by atoms with Crippen LogP contribution >= 0.6 is 24.0 Å². The van der Waals surface area contributed by atoms with Gasteiger partial charge in [-0.25, -0.2) is 8.78 Å². The maximum absolute atomic E-state index is 13.6. The van der Waals surface area contributed by atoms with E-state index in [0.717, 1.165) is 18.2 Å². The minimum Gasteiger partial charge on any atom is -0.352 e. The number of nitrogens with zero attached hydrogens (tertiary/aromatic N) is 2. The van der Waals surface area contributed by atoms with Gasteiger partial charge in [0.1, 0.15) is 11.6 Å². The lowest BCUT2D eigenvalue weighted by Crippen LogP contribution is -2.45. The van der Waals surface area contributed by atoms with Crippen molar-refractivity contribution in [1.29, 1.82) is 0 Å². The Hall–Kier alpha value is -1.17. The standard InChI is InChI=1S/C15H19F5N4.HI/c1-21-14(22-7-10-6-11(16)2-3-13(10)17)23-12-4-5-24(8-12)9-15(18,19)20;/h2-3,6,12H,4-5,7-9H2,1H3,(H2,21,22,23);1H. The van der Waals surface area contributed by atoms with E-state index >= 15 is 0 Å². The van der Waals surface area contributed by atoms with Crippen molar-refractivity contribution in [2.24, 2.45) is 4.99 Å². The van der Waals surface area contributed by atoms with E-state index in [4.69, 9.17) is 0 Å². The predicted octanol–water partition coefficient (Wildman–Crippen LogP) is 2.88. The third-order valence-electron chi connectivity index (χ3n) is 3.69. The van der Waals surface area contributed by atoms with Gasteiger partial charge in [-0.1, -0.05) is 0 Å². The molecule has 1 aromatic carbocycles. The summed E-state index contributed by atoms with van der Waals surface area (Å²) >= 11 is 0. The Morgan fingerprint density at radius 1 is 1.32 bits per heavy atom. The fourth-order valence-corrected chi connectivity index (χ4v) is 2.59. The lowest BCUT2D eigenvalue weighted by Gasteiger charge is -2.20. The van der Waals surface area contributed by atoms with Crippen LogP contribution in [0.1, 0.15) is 12.0 Å². The lowest BCUT2D eigenvalue weighted by atomic mass is 10.2. The van der Waals surface area contributed by atoms with Gasteiger partial charge < -0.3 is 10.6 Å². The molecule has 0 saturated carbocycles. The first kappa shape index (κ1) is 21.9. The second kappa shape index (κ2) is 9.51. The van der Waals surface area contributed by atoms with Crippen molar-refractivity contribution >= 4 is 29.9 Å². The van der Waals surface area contributed by atoms with E-state index in [-0.39, 0.29) is 48.7 Å². The molecule has 2 rings (SSSR count). The summed E-state index contributed by atoms with van der Waals surface area (Å²) in [6.07, 6.45) is -3.67. The van der Waals surface area contributed by atoms with Crippen LogP contribution in [0, 0.1) is 11.6 Å². The number of rotatable bonds is 4. The largest absolute Gasteiger partial charge is 0.401 e. The van der Waals surface area contributed by atoms with Gasteiger partial charge in [0.25, 0.3) is 0 Å². The van der Waals surface area contributed by atoms with Crippen molar-refractivity contribution in [1.82, 2.24) is 15.5 Å². The molecule has 2 N–H and O–H groups in total. The molecule has 1 saturated heterocycles. The molecule has 4 nitrogen and oxygen atoms in total. The normalized spacial score (nSPS) is 18.8. The van der Waals surface area contributed by atoms with Crippen LogP contribution in [0.4, 0.5) is 22.0 Å². The summed E-state index contributed by atoms with van der Waals surface area (Å²) in [6, 6.07) is 2.96. The number of nitrogens with one attached hydrogen (secondary N) is 2. The van der Waals surface area contributed by atoms with Gasteiger partial charge in [0.05, 0.1) is 6.54 Å². The Labute approximate surface area is 159 Å². The molecule has 0 spiro atoms. The number of alkyl halides is 3. The number of benzene rings is 1. The van der Waals surface area contributed by atoms with Crippen molar-refractivity contribution in [3.8, 4) is 0 Å². The molecule has 0 bridgehead atoms. The van der Waals surface area contributed by atoms with Gasteiger partial charge >= 0.3 is 6.18 Å². The highest BCUT2D eigenvalue weighted by molar-refractivity contribution is 14.0. The predicted molar refractivity (Wildman–Crippen MR) is 96.0 cm³/mol. The SMILES string of the molecule is CN=C(NCc1cc(F)ccc1F)NC1CCN(CC(F)(F)F)C1.I. The average molecular weight is 478 g/mol.